The van der Waals surface area contributed by atoms with Gasteiger partial charge in [-0.3, -0.25) is 0 Å². The molecule has 0 saturated heterocycles. The fourth-order valence-electron chi connectivity index (χ4n) is 2.68. The molecule has 0 N–H and O–H groups in total. The zero-order valence-electron chi connectivity index (χ0n) is 18.3. The molecule has 28 heavy (non-hydrogen) atoms. The van der Waals surface area contributed by atoms with Crippen LogP contribution < -0.4 is 0 Å². The molecule has 2 nitrogen and oxygen atoms in total. The van der Waals surface area contributed by atoms with E-state index in [9.17, 15) is 0 Å². The minimum absolute atomic E-state index is 1.28. The molecule has 0 aromatic rings. The van der Waals surface area contributed by atoms with E-state index in [1.54, 1.807) is 0 Å². The van der Waals surface area contributed by atoms with Gasteiger partial charge in [-0.15, -0.1) is 0 Å². The van der Waals surface area contributed by atoms with Crippen LogP contribution in [0.1, 0.15) is 55.4 Å². The van der Waals surface area contributed by atoms with Crippen molar-refractivity contribution in [1.82, 2.24) is 0 Å². The summed E-state index contributed by atoms with van der Waals surface area (Å²) in [4.78, 5) is 0. The fourth-order valence-corrected chi connectivity index (χ4v) is 2.68. The van der Waals surface area contributed by atoms with Crippen LogP contribution in [0.25, 0.3) is 0 Å². The summed E-state index contributed by atoms with van der Waals surface area (Å²) in [6.07, 6.45) is 0. The Hall–Kier alpha value is 3.28. The van der Waals surface area contributed by atoms with Crippen LogP contribution in [0.15, 0.2) is 0 Å². The first kappa shape index (κ1) is 38.5. The van der Waals surface area contributed by atoms with Crippen molar-refractivity contribution >= 4 is 80.8 Å². The van der Waals surface area contributed by atoms with Crippen molar-refractivity contribution in [2.45, 2.75) is 55.4 Å². The van der Waals surface area contributed by atoms with Gasteiger partial charge in [0.15, 0.2) is 0 Å². The predicted octanol–water partition coefficient (Wildman–Crippen LogP) is 9.28. The molecular formula is C16H40Cl8Mn2N2. The average molecular weight is 654 g/mol. The van der Waals surface area contributed by atoms with Gasteiger partial charge in [0, 0.05) is 0 Å². The first-order chi connectivity index (χ1) is 12.5. The first-order valence-electron chi connectivity index (χ1n) is 9.33. The van der Waals surface area contributed by atoms with E-state index < -0.39 is 18.4 Å². The maximum atomic E-state index is 4.97. The summed E-state index contributed by atoms with van der Waals surface area (Å²) in [5.74, 6) is 0. The zero-order valence-corrected chi connectivity index (χ0v) is 26.7. The Morgan fingerprint density at radius 3 is 0.429 bits per heavy atom. The van der Waals surface area contributed by atoms with E-state index >= 15 is 0 Å². The van der Waals surface area contributed by atoms with E-state index in [1.165, 1.54) is 61.3 Å². The molecule has 0 aliphatic carbocycles. The molecule has 0 aromatic heterocycles. The van der Waals surface area contributed by atoms with Crippen LogP contribution in [0.5, 0.6) is 0 Å². The molecule has 0 spiro atoms. The van der Waals surface area contributed by atoms with Crippen molar-refractivity contribution in [3.05, 3.63) is 0 Å². The van der Waals surface area contributed by atoms with Crippen LogP contribution in [0.2, 0.25) is 0 Å². The van der Waals surface area contributed by atoms with Crippen molar-refractivity contribution in [2.24, 2.45) is 0 Å². The molecule has 0 rings (SSSR count). The van der Waals surface area contributed by atoms with Crippen LogP contribution in [-0.4, -0.2) is 61.3 Å². The van der Waals surface area contributed by atoms with E-state index in [2.05, 4.69) is 55.4 Å². The second-order valence-electron chi connectivity index (χ2n) is 5.86. The van der Waals surface area contributed by atoms with Gasteiger partial charge in [-0.2, -0.15) is 0 Å². The third-order valence-electron chi connectivity index (χ3n) is 5.37. The Bertz CT molecular complexity index is 253. The summed E-state index contributed by atoms with van der Waals surface area (Å²) < 4.78 is 2.56. The summed E-state index contributed by atoms with van der Waals surface area (Å²) in [5, 5.41) is 0. The van der Waals surface area contributed by atoms with Crippen molar-refractivity contribution in [1.29, 1.82) is 0 Å². The first-order valence-corrected chi connectivity index (χ1v) is 22.3. The molecule has 0 unspecified atom stereocenters. The SMILES string of the molecule is CC[N+](CC)(CC)CC.CC[N+](CC)(CC)CC.[Cl][Mn-]([Cl])([Cl])[Cl].[Cl][Mn-]([Cl])([Cl])[Cl]. The Labute approximate surface area is 213 Å². The predicted molar refractivity (Wildman–Crippen MR) is 132 cm³/mol. The summed E-state index contributed by atoms with van der Waals surface area (Å²) in [5.41, 5.74) is 0. The Balaban J connectivity index is -0.000000143. The van der Waals surface area contributed by atoms with E-state index in [0.29, 0.717) is 0 Å². The van der Waals surface area contributed by atoms with E-state index in [0.717, 1.165) is 0 Å². The van der Waals surface area contributed by atoms with Gasteiger partial charge in [-0.1, -0.05) is 0 Å². The number of rotatable bonds is 8. The Kier molecular flexibility index (Phi) is 28.7. The second-order valence-corrected chi connectivity index (χ2v) is 29.3. The molecule has 0 saturated carbocycles. The molecule has 0 radical (unpaired) electrons. The average Bonchev–Trinajstić information content (AvgIpc) is 2.58. The van der Waals surface area contributed by atoms with Crippen LogP contribution in [0.4, 0.5) is 0 Å². The molecule has 12 heteroatoms. The summed E-state index contributed by atoms with van der Waals surface area (Å²) in [7, 11) is 34.3. The number of hydrogen-bond donors (Lipinski definition) is 0. The van der Waals surface area contributed by atoms with Crippen molar-refractivity contribution in [2.75, 3.05) is 52.4 Å². The standard InChI is InChI=1S/2C8H20N.8ClH.2Mn/c2*1-5-9(6-2,7-3)8-4;;;;;;;;;;/h2*5-8H2,1-4H3;8*1H;;/q2*+1;;;;;;;;;2*+3/p-8. The van der Waals surface area contributed by atoms with Gasteiger partial charge < -0.3 is 8.97 Å². The Morgan fingerprint density at radius 2 is 0.429 bits per heavy atom. The van der Waals surface area contributed by atoms with Crippen molar-refractivity contribution < 1.29 is 27.4 Å². The molecule has 0 amide bonds. The van der Waals surface area contributed by atoms with Gasteiger partial charge in [-0.25, -0.2) is 0 Å². The van der Waals surface area contributed by atoms with Gasteiger partial charge in [0.25, 0.3) is 0 Å². The molecule has 0 heterocycles. The van der Waals surface area contributed by atoms with Gasteiger partial charge in [0.05, 0.1) is 52.4 Å². The van der Waals surface area contributed by atoms with Gasteiger partial charge >= 0.3 is 99.2 Å². The minimum atomic E-state index is -2.74. The van der Waals surface area contributed by atoms with Crippen LogP contribution >= 0.6 is 80.8 Å². The molecule has 0 fully saturated rings. The van der Waals surface area contributed by atoms with Crippen LogP contribution in [-0.2, 0) is 18.4 Å². The van der Waals surface area contributed by atoms with Gasteiger partial charge in [0.1, 0.15) is 0 Å². The molecule has 0 aliphatic rings. The fraction of sp³-hybridized carbons (Fsp3) is 1.00. The molecule has 0 aliphatic heterocycles. The molecule has 0 aromatic carbocycles. The van der Waals surface area contributed by atoms with Crippen LogP contribution in [0.3, 0.4) is 0 Å². The molecule has 0 atom stereocenters. The van der Waals surface area contributed by atoms with Crippen molar-refractivity contribution in [3.63, 3.8) is 0 Å². The second kappa shape index (κ2) is 20.9. The third-order valence-corrected chi connectivity index (χ3v) is 5.37. The quantitative estimate of drug-likeness (QED) is 0.181. The number of quaternary nitrogens is 2. The topological polar surface area (TPSA) is 0 Å². The van der Waals surface area contributed by atoms with Crippen molar-refractivity contribution in [3.8, 4) is 0 Å². The zero-order chi connectivity index (χ0) is 23.7. The van der Waals surface area contributed by atoms with Gasteiger partial charge in [-0.05, 0) is 55.4 Å². The maximum absolute atomic E-state index is 4.97. The number of hydrogen-bond acceptors (Lipinski definition) is 0. The van der Waals surface area contributed by atoms with Gasteiger partial charge in [0.2, 0.25) is 0 Å². The molecular weight excluding hydrogens is 614 g/mol. The van der Waals surface area contributed by atoms with Crippen LogP contribution in [0, 0.1) is 0 Å². The van der Waals surface area contributed by atoms with E-state index in [4.69, 9.17) is 80.8 Å². The molecule has 184 valence electrons. The molecule has 0 bridgehead atoms. The van der Waals surface area contributed by atoms with E-state index in [-0.39, 0.29) is 0 Å². The summed E-state index contributed by atoms with van der Waals surface area (Å²) >= 11 is 0. The normalized spacial score (nSPS) is 13.1. The third kappa shape index (κ3) is 31.5. The summed E-state index contributed by atoms with van der Waals surface area (Å²) in [6, 6.07) is 0. The monoisotopic (exact) mass is 650 g/mol. The number of halogens is 8. The Morgan fingerprint density at radius 1 is 0.357 bits per heavy atom. The summed E-state index contributed by atoms with van der Waals surface area (Å²) in [6.45, 7) is 28.4. The number of nitrogens with zero attached hydrogens (tertiary/aromatic N) is 2. The van der Waals surface area contributed by atoms with E-state index in [1.807, 2.05) is 0 Å².